The molecule has 12 heavy (non-hydrogen) atoms. The molecule has 0 unspecified atom stereocenters. The zero-order chi connectivity index (χ0) is 9.23. The van der Waals surface area contributed by atoms with E-state index in [1.807, 2.05) is 6.08 Å². The van der Waals surface area contributed by atoms with Crippen LogP contribution in [0.25, 0.3) is 0 Å². The SMILES string of the molecule is C=CCCCC(=CCCC)CC. The average molecular weight is 166 g/mol. The van der Waals surface area contributed by atoms with E-state index in [0.717, 1.165) is 6.42 Å². The summed E-state index contributed by atoms with van der Waals surface area (Å²) in [5, 5.41) is 0. The summed E-state index contributed by atoms with van der Waals surface area (Å²) in [4.78, 5) is 0. The second-order valence-corrected chi connectivity index (χ2v) is 3.19. The van der Waals surface area contributed by atoms with Crippen molar-refractivity contribution in [3.05, 3.63) is 24.3 Å². The third kappa shape index (κ3) is 6.21. The molecule has 0 aromatic rings. The average Bonchev–Trinajstić information content (AvgIpc) is 2.11. The lowest BCUT2D eigenvalue weighted by Crippen LogP contribution is -1.82. The standard InChI is InChI=1S/C12H22/c1-4-7-9-11-12(6-3)10-8-5-2/h4,10H,1,5-9,11H2,2-3H3. The lowest BCUT2D eigenvalue weighted by atomic mass is 10.0. The molecule has 0 spiro atoms. The maximum atomic E-state index is 3.73. The van der Waals surface area contributed by atoms with Gasteiger partial charge in [0.05, 0.1) is 0 Å². The van der Waals surface area contributed by atoms with Gasteiger partial charge in [-0.25, -0.2) is 0 Å². The highest BCUT2D eigenvalue weighted by Gasteiger charge is 1.92. The first-order valence-electron chi connectivity index (χ1n) is 5.13. The quantitative estimate of drug-likeness (QED) is 0.386. The molecule has 0 saturated carbocycles. The summed E-state index contributed by atoms with van der Waals surface area (Å²) in [5.41, 5.74) is 1.62. The molecule has 0 N–H and O–H groups in total. The highest BCUT2D eigenvalue weighted by molar-refractivity contribution is 5.01. The van der Waals surface area contributed by atoms with E-state index in [0.29, 0.717) is 0 Å². The van der Waals surface area contributed by atoms with Gasteiger partial charge in [0.25, 0.3) is 0 Å². The number of allylic oxidation sites excluding steroid dienone is 3. The Kier molecular flexibility index (Phi) is 8.20. The fourth-order valence-electron chi connectivity index (χ4n) is 1.25. The van der Waals surface area contributed by atoms with Gasteiger partial charge in [-0.2, -0.15) is 0 Å². The van der Waals surface area contributed by atoms with Crippen LogP contribution >= 0.6 is 0 Å². The Bertz CT molecular complexity index is 131. The molecule has 0 aliphatic heterocycles. The van der Waals surface area contributed by atoms with Crippen LogP contribution in [0.5, 0.6) is 0 Å². The van der Waals surface area contributed by atoms with Crippen LogP contribution in [0.3, 0.4) is 0 Å². The molecule has 0 amide bonds. The van der Waals surface area contributed by atoms with Crippen molar-refractivity contribution in [2.24, 2.45) is 0 Å². The Hall–Kier alpha value is -0.520. The van der Waals surface area contributed by atoms with Crippen LogP contribution in [-0.2, 0) is 0 Å². The molecule has 0 nitrogen and oxygen atoms in total. The highest BCUT2D eigenvalue weighted by atomic mass is 14.0. The summed E-state index contributed by atoms with van der Waals surface area (Å²) in [6, 6.07) is 0. The first-order chi connectivity index (χ1) is 5.85. The molecule has 0 atom stereocenters. The number of unbranched alkanes of at least 4 members (excludes halogenated alkanes) is 2. The minimum Gasteiger partial charge on any atom is -0.103 e. The summed E-state index contributed by atoms with van der Waals surface area (Å²) < 4.78 is 0. The van der Waals surface area contributed by atoms with Crippen molar-refractivity contribution in [1.29, 1.82) is 0 Å². The molecule has 0 aliphatic carbocycles. The normalized spacial score (nSPS) is 11.7. The predicted octanol–water partition coefficient (Wildman–Crippen LogP) is 4.48. The Labute approximate surface area is 77.4 Å². The first-order valence-corrected chi connectivity index (χ1v) is 5.13. The van der Waals surface area contributed by atoms with Gasteiger partial charge in [0.1, 0.15) is 0 Å². The predicted molar refractivity (Wildman–Crippen MR) is 57.3 cm³/mol. The summed E-state index contributed by atoms with van der Waals surface area (Å²) in [6.45, 7) is 8.20. The molecule has 0 saturated heterocycles. The summed E-state index contributed by atoms with van der Waals surface area (Å²) in [6.07, 6.45) is 11.8. The molecular formula is C12H22. The van der Waals surface area contributed by atoms with Gasteiger partial charge < -0.3 is 0 Å². The van der Waals surface area contributed by atoms with Gasteiger partial charge in [-0.3, -0.25) is 0 Å². The molecule has 0 aromatic heterocycles. The van der Waals surface area contributed by atoms with Crippen LogP contribution in [0, 0.1) is 0 Å². The zero-order valence-corrected chi connectivity index (χ0v) is 8.60. The molecule has 0 rings (SSSR count). The van der Waals surface area contributed by atoms with Crippen LogP contribution in [0.2, 0.25) is 0 Å². The van der Waals surface area contributed by atoms with Crippen LogP contribution in [0.4, 0.5) is 0 Å². The van der Waals surface area contributed by atoms with Crippen molar-refractivity contribution in [2.45, 2.75) is 52.4 Å². The maximum absolute atomic E-state index is 3.73. The minimum atomic E-state index is 1.16. The fraction of sp³-hybridized carbons (Fsp3) is 0.667. The van der Waals surface area contributed by atoms with Crippen LogP contribution < -0.4 is 0 Å². The van der Waals surface area contributed by atoms with E-state index in [9.17, 15) is 0 Å². The topological polar surface area (TPSA) is 0 Å². The summed E-state index contributed by atoms with van der Waals surface area (Å²) in [7, 11) is 0. The van der Waals surface area contributed by atoms with E-state index in [2.05, 4.69) is 26.5 Å². The third-order valence-corrected chi connectivity index (χ3v) is 2.08. The van der Waals surface area contributed by atoms with E-state index in [-0.39, 0.29) is 0 Å². The highest BCUT2D eigenvalue weighted by Crippen LogP contribution is 2.12. The van der Waals surface area contributed by atoms with Crippen molar-refractivity contribution in [3.8, 4) is 0 Å². The van der Waals surface area contributed by atoms with Crippen molar-refractivity contribution in [2.75, 3.05) is 0 Å². The van der Waals surface area contributed by atoms with Gasteiger partial charge >= 0.3 is 0 Å². The van der Waals surface area contributed by atoms with E-state index >= 15 is 0 Å². The van der Waals surface area contributed by atoms with Gasteiger partial charge in [0, 0.05) is 0 Å². The monoisotopic (exact) mass is 166 g/mol. The lowest BCUT2D eigenvalue weighted by molar-refractivity contribution is 0.791. The van der Waals surface area contributed by atoms with E-state index in [1.54, 1.807) is 5.57 Å². The zero-order valence-electron chi connectivity index (χ0n) is 8.60. The number of rotatable bonds is 7. The molecule has 0 aromatic carbocycles. The number of hydrogen-bond acceptors (Lipinski definition) is 0. The van der Waals surface area contributed by atoms with Crippen LogP contribution in [0.1, 0.15) is 52.4 Å². The second-order valence-electron chi connectivity index (χ2n) is 3.19. The fourth-order valence-corrected chi connectivity index (χ4v) is 1.25. The van der Waals surface area contributed by atoms with Crippen molar-refractivity contribution in [3.63, 3.8) is 0 Å². The van der Waals surface area contributed by atoms with Crippen LogP contribution in [-0.4, -0.2) is 0 Å². The molecule has 0 radical (unpaired) electrons. The summed E-state index contributed by atoms with van der Waals surface area (Å²) >= 11 is 0. The molecule has 0 heteroatoms. The Balaban J connectivity index is 3.58. The van der Waals surface area contributed by atoms with Gasteiger partial charge in [0.15, 0.2) is 0 Å². The molecule has 0 aliphatic rings. The van der Waals surface area contributed by atoms with Gasteiger partial charge in [-0.15, -0.1) is 6.58 Å². The Morgan fingerprint density at radius 2 is 2.00 bits per heavy atom. The molecule has 0 fully saturated rings. The minimum absolute atomic E-state index is 1.16. The Morgan fingerprint density at radius 1 is 1.25 bits per heavy atom. The molecule has 70 valence electrons. The number of hydrogen-bond donors (Lipinski definition) is 0. The van der Waals surface area contributed by atoms with Crippen molar-refractivity contribution < 1.29 is 0 Å². The molecular weight excluding hydrogens is 144 g/mol. The smallest absolute Gasteiger partial charge is 0.0317 e. The van der Waals surface area contributed by atoms with E-state index < -0.39 is 0 Å². The van der Waals surface area contributed by atoms with Gasteiger partial charge in [0.2, 0.25) is 0 Å². The van der Waals surface area contributed by atoms with Crippen molar-refractivity contribution >= 4 is 0 Å². The lowest BCUT2D eigenvalue weighted by Gasteiger charge is -2.02. The third-order valence-electron chi connectivity index (χ3n) is 2.08. The molecule has 0 heterocycles. The largest absolute Gasteiger partial charge is 0.103 e. The van der Waals surface area contributed by atoms with E-state index in [4.69, 9.17) is 0 Å². The Morgan fingerprint density at radius 3 is 2.50 bits per heavy atom. The van der Waals surface area contributed by atoms with E-state index in [1.165, 1.54) is 32.1 Å². The first kappa shape index (κ1) is 11.5. The summed E-state index contributed by atoms with van der Waals surface area (Å²) in [5.74, 6) is 0. The van der Waals surface area contributed by atoms with Crippen LogP contribution in [0.15, 0.2) is 24.3 Å². The maximum Gasteiger partial charge on any atom is -0.0317 e. The van der Waals surface area contributed by atoms with Gasteiger partial charge in [-0.1, -0.05) is 38.0 Å². The molecule has 0 bridgehead atoms. The second kappa shape index (κ2) is 8.58. The van der Waals surface area contributed by atoms with Gasteiger partial charge in [-0.05, 0) is 32.1 Å². The van der Waals surface area contributed by atoms with Crippen molar-refractivity contribution in [1.82, 2.24) is 0 Å².